The number of hydrogen-bond donors (Lipinski definition) is 1. The van der Waals surface area contributed by atoms with Gasteiger partial charge in [0.05, 0.1) is 25.5 Å². The Labute approximate surface area is 166 Å². The van der Waals surface area contributed by atoms with Crippen LogP contribution in [0.15, 0.2) is 36.5 Å². The van der Waals surface area contributed by atoms with Crippen molar-refractivity contribution in [3.8, 4) is 11.3 Å². The molecule has 0 radical (unpaired) electrons. The first kappa shape index (κ1) is 21.5. The van der Waals surface area contributed by atoms with Crippen LogP contribution >= 0.6 is 0 Å². The Hall–Kier alpha value is -2.83. The molecule has 2 rings (SSSR count). The van der Waals surface area contributed by atoms with Gasteiger partial charge in [-0.05, 0) is 17.9 Å². The number of aromatic nitrogens is 2. The van der Waals surface area contributed by atoms with E-state index in [0.29, 0.717) is 13.1 Å². The predicted molar refractivity (Wildman–Crippen MR) is 109 cm³/mol. The van der Waals surface area contributed by atoms with E-state index in [-0.39, 0.29) is 11.8 Å². The lowest BCUT2D eigenvalue weighted by Crippen LogP contribution is -2.51. The van der Waals surface area contributed by atoms with Crippen LogP contribution < -0.4 is 5.32 Å². The zero-order valence-electron chi connectivity index (χ0n) is 17.3. The Bertz CT molecular complexity index is 786. The van der Waals surface area contributed by atoms with Crippen LogP contribution in [0.1, 0.15) is 33.0 Å². The van der Waals surface area contributed by atoms with Gasteiger partial charge in [-0.3, -0.25) is 4.79 Å². The summed E-state index contributed by atoms with van der Waals surface area (Å²) < 4.78 is 6.68. The molecule has 1 unspecified atom stereocenters. The smallest absolute Gasteiger partial charge is 0.407 e. The van der Waals surface area contributed by atoms with Gasteiger partial charge in [0.1, 0.15) is 11.9 Å². The third-order valence-electron chi connectivity index (χ3n) is 4.68. The molecular weight excluding hydrogens is 356 g/mol. The highest BCUT2D eigenvalue weighted by Gasteiger charge is 2.29. The maximum atomic E-state index is 13.1. The van der Waals surface area contributed by atoms with Crippen LogP contribution in [-0.2, 0) is 23.1 Å². The SMILES string of the molecule is CCCN(Cc1ncc(-c2ccccc2)n1C)C(=O)C(NC(=O)OC)C(C)C. The van der Waals surface area contributed by atoms with Gasteiger partial charge in [0, 0.05) is 13.6 Å². The van der Waals surface area contributed by atoms with Gasteiger partial charge < -0.3 is 19.5 Å². The molecule has 2 aromatic rings. The summed E-state index contributed by atoms with van der Waals surface area (Å²) in [5.74, 6) is 0.597. The predicted octanol–water partition coefficient (Wildman–Crippen LogP) is 3.21. The number of benzene rings is 1. The monoisotopic (exact) mass is 386 g/mol. The molecule has 1 heterocycles. The molecule has 28 heavy (non-hydrogen) atoms. The Morgan fingerprint density at radius 1 is 1.25 bits per heavy atom. The average molecular weight is 386 g/mol. The van der Waals surface area contributed by atoms with Gasteiger partial charge in [-0.2, -0.15) is 0 Å². The maximum absolute atomic E-state index is 13.1. The number of carbonyl (C=O) groups excluding carboxylic acids is 2. The van der Waals surface area contributed by atoms with Crippen LogP contribution in [0.4, 0.5) is 4.79 Å². The van der Waals surface area contributed by atoms with Crippen molar-refractivity contribution in [2.45, 2.75) is 39.8 Å². The molecule has 152 valence electrons. The largest absolute Gasteiger partial charge is 0.453 e. The second-order valence-electron chi connectivity index (χ2n) is 7.10. The first-order valence-corrected chi connectivity index (χ1v) is 9.58. The third kappa shape index (κ3) is 5.12. The van der Waals surface area contributed by atoms with Crippen molar-refractivity contribution in [3.63, 3.8) is 0 Å². The van der Waals surface area contributed by atoms with Gasteiger partial charge in [0.15, 0.2) is 0 Å². The molecule has 1 aromatic carbocycles. The molecule has 0 aliphatic heterocycles. The van der Waals surface area contributed by atoms with Crippen molar-refractivity contribution in [1.29, 1.82) is 0 Å². The summed E-state index contributed by atoms with van der Waals surface area (Å²) in [5, 5.41) is 2.66. The molecular formula is C21H30N4O3. The molecule has 0 aliphatic carbocycles. The second kappa shape index (κ2) is 9.92. The Kier molecular flexibility index (Phi) is 7.61. The lowest BCUT2D eigenvalue weighted by Gasteiger charge is -2.29. The normalized spacial score (nSPS) is 11.9. The highest BCUT2D eigenvalue weighted by Crippen LogP contribution is 2.20. The molecule has 0 saturated carbocycles. The van der Waals surface area contributed by atoms with E-state index in [4.69, 9.17) is 0 Å². The van der Waals surface area contributed by atoms with Crippen molar-refractivity contribution in [2.24, 2.45) is 13.0 Å². The topological polar surface area (TPSA) is 76.5 Å². The molecule has 7 heteroatoms. The van der Waals surface area contributed by atoms with Crippen LogP contribution in [0.2, 0.25) is 0 Å². The molecule has 1 aromatic heterocycles. The Morgan fingerprint density at radius 2 is 1.93 bits per heavy atom. The lowest BCUT2D eigenvalue weighted by atomic mass is 10.0. The third-order valence-corrected chi connectivity index (χ3v) is 4.68. The number of nitrogens with one attached hydrogen (secondary N) is 1. The van der Waals surface area contributed by atoms with Crippen molar-refractivity contribution in [2.75, 3.05) is 13.7 Å². The molecule has 0 spiro atoms. The summed E-state index contributed by atoms with van der Waals surface area (Å²) in [6.07, 6.45) is 2.03. The number of carbonyl (C=O) groups is 2. The molecule has 7 nitrogen and oxygen atoms in total. The van der Waals surface area contributed by atoms with Crippen molar-refractivity contribution >= 4 is 12.0 Å². The first-order valence-electron chi connectivity index (χ1n) is 9.58. The molecule has 1 N–H and O–H groups in total. The number of ether oxygens (including phenoxy) is 1. The summed E-state index contributed by atoms with van der Waals surface area (Å²) >= 11 is 0. The number of alkyl carbamates (subject to hydrolysis) is 1. The summed E-state index contributed by atoms with van der Waals surface area (Å²) in [6.45, 7) is 6.78. The van der Waals surface area contributed by atoms with Crippen LogP contribution in [0.5, 0.6) is 0 Å². The summed E-state index contributed by atoms with van der Waals surface area (Å²) in [4.78, 5) is 31.1. The van der Waals surface area contributed by atoms with E-state index in [1.54, 1.807) is 4.90 Å². The van der Waals surface area contributed by atoms with Gasteiger partial charge in [-0.25, -0.2) is 9.78 Å². The van der Waals surface area contributed by atoms with Gasteiger partial charge in [-0.1, -0.05) is 51.1 Å². The number of amides is 2. The fourth-order valence-electron chi connectivity index (χ4n) is 3.08. The minimum Gasteiger partial charge on any atom is -0.453 e. The Balaban J connectivity index is 2.23. The molecule has 0 fully saturated rings. The number of methoxy groups -OCH3 is 1. The fraction of sp³-hybridized carbons (Fsp3) is 0.476. The maximum Gasteiger partial charge on any atom is 0.407 e. The van der Waals surface area contributed by atoms with Gasteiger partial charge >= 0.3 is 6.09 Å². The standard InChI is InChI=1S/C21H30N4O3/c1-6-12-25(20(26)19(15(2)3)23-21(27)28-5)14-18-22-13-17(24(18)4)16-10-8-7-9-11-16/h7-11,13,15,19H,6,12,14H2,1-5H3,(H,23,27). The van der Waals surface area contributed by atoms with E-state index in [0.717, 1.165) is 23.5 Å². The lowest BCUT2D eigenvalue weighted by molar-refractivity contribution is -0.135. The number of imidazole rings is 1. The van der Waals surface area contributed by atoms with E-state index in [2.05, 4.69) is 15.0 Å². The first-order chi connectivity index (χ1) is 13.4. The van der Waals surface area contributed by atoms with E-state index in [9.17, 15) is 9.59 Å². The van der Waals surface area contributed by atoms with Crippen molar-refractivity contribution < 1.29 is 14.3 Å². The quantitative estimate of drug-likeness (QED) is 0.756. The molecule has 0 bridgehead atoms. The summed E-state index contributed by atoms with van der Waals surface area (Å²) in [7, 11) is 3.24. The van der Waals surface area contributed by atoms with E-state index < -0.39 is 12.1 Å². The van der Waals surface area contributed by atoms with E-state index in [1.807, 2.05) is 68.9 Å². The minimum absolute atomic E-state index is 0.0628. The van der Waals surface area contributed by atoms with Crippen molar-refractivity contribution in [1.82, 2.24) is 19.8 Å². The summed E-state index contributed by atoms with van der Waals surface area (Å²) in [6, 6.07) is 9.37. The van der Waals surface area contributed by atoms with Crippen LogP contribution in [0, 0.1) is 5.92 Å². The molecule has 0 aliphatic rings. The molecule has 0 saturated heterocycles. The number of hydrogen-bond acceptors (Lipinski definition) is 4. The van der Waals surface area contributed by atoms with Gasteiger partial charge in [-0.15, -0.1) is 0 Å². The minimum atomic E-state index is -0.645. The average Bonchev–Trinajstić information content (AvgIpc) is 3.05. The fourth-order valence-corrected chi connectivity index (χ4v) is 3.08. The number of rotatable bonds is 8. The van der Waals surface area contributed by atoms with E-state index >= 15 is 0 Å². The second-order valence-corrected chi connectivity index (χ2v) is 7.10. The number of nitrogens with zero attached hydrogens (tertiary/aromatic N) is 3. The molecule has 2 amide bonds. The molecule has 1 atom stereocenters. The summed E-state index contributed by atoms with van der Waals surface area (Å²) in [5.41, 5.74) is 2.07. The van der Waals surface area contributed by atoms with Crippen LogP contribution in [-0.4, -0.2) is 46.1 Å². The van der Waals surface area contributed by atoms with Crippen LogP contribution in [0.3, 0.4) is 0 Å². The zero-order chi connectivity index (χ0) is 20.7. The van der Waals surface area contributed by atoms with Gasteiger partial charge in [0.25, 0.3) is 0 Å². The van der Waals surface area contributed by atoms with E-state index in [1.165, 1.54) is 7.11 Å². The zero-order valence-corrected chi connectivity index (χ0v) is 17.3. The van der Waals surface area contributed by atoms with Crippen molar-refractivity contribution in [3.05, 3.63) is 42.4 Å². The van der Waals surface area contributed by atoms with Crippen LogP contribution in [0.25, 0.3) is 11.3 Å². The Morgan fingerprint density at radius 3 is 2.50 bits per heavy atom. The van der Waals surface area contributed by atoms with Gasteiger partial charge in [0.2, 0.25) is 5.91 Å². The highest BCUT2D eigenvalue weighted by molar-refractivity contribution is 5.86. The highest BCUT2D eigenvalue weighted by atomic mass is 16.5.